The Balaban J connectivity index is 3.15. The third-order valence-corrected chi connectivity index (χ3v) is 2.76. The minimum absolute atomic E-state index is 0.349. The quantitative estimate of drug-likeness (QED) is 0.291. The Kier molecular flexibility index (Phi) is 12.1. The van der Waals surface area contributed by atoms with Gasteiger partial charge in [-0.25, -0.2) is 0 Å². The van der Waals surface area contributed by atoms with Crippen molar-refractivity contribution in [2.75, 3.05) is 7.11 Å². The van der Waals surface area contributed by atoms with Crippen LogP contribution in [0, 0.1) is 0 Å². The molecule has 3 nitrogen and oxygen atoms in total. The summed E-state index contributed by atoms with van der Waals surface area (Å²) < 4.78 is 9.74. The molecule has 0 aliphatic heterocycles. The van der Waals surface area contributed by atoms with Gasteiger partial charge >= 0.3 is 0 Å². The predicted octanol–water partition coefficient (Wildman–Crippen LogP) is 3.66. The Labute approximate surface area is 99.5 Å². The van der Waals surface area contributed by atoms with Crippen LogP contribution in [0.5, 0.6) is 0 Å². The lowest BCUT2D eigenvalue weighted by Crippen LogP contribution is -2.13. The van der Waals surface area contributed by atoms with Gasteiger partial charge < -0.3 is 9.47 Å². The first-order valence-corrected chi connectivity index (χ1v) is 6.47. The summed E-state index contributed by atoms with van der Waals surface area (Å²) in [7, 11) is 1.57. The molecule has 1 unspecified atom stereocenters. The maximum Gasteiger partial charge on any atom is 0.295 e. The van der Waals surface area contributed by atoms with E-state index in [0.717, 1.165) is 12.8 Å². The Bertz CT molecular complexity index is 148. The van der Waals surface area contributed by atoms with E-state index < -0.39 is 0 Å². The number of hydrogen-bond donors (Lipinski definition) is 0. The molecule has 0 saturated carbocycles. The van der Waals surface area contributed by atoms with Crippen LogP contribution in [0.15, 0.2) is 0 Å². The van der Waals surface area contributed by atoms with E-state index >= 15 is 0 Å². The van der Waals surface area contributed by atoms with Gasteiger partial charge in [-0.15, -0.1) is 0 Å². The summed E-state index contributed by atoms with van der Waals surface area (Å²) in [4.78, 5) is 10.1. The maximum absolute atomic E-state index is 10.1. The van der Waals surface area contributed by atoms with Gasteiger partial charge in [0.1, 0.15) is 0 Å². The van der Waals surface area contributed by atoms with Crippen LogP contribution >= 0.6 is 0 Å². The number of rotatable bonds is 12. The highest BCUT2D eigenvalue weighted by atomic mass is 16.7. The number of methoxy groups -OCH3 is 1. The highest BCUT2D eigenvalue weighted by Crippen LogP contribution is 2.11. The summed E-state index contributed by atoms with van der Waals surface area (Å²) >= 11 is 0. The Morgan fingerprint density at radius 3 is 2.06 bits per heavy atom. The summed E-state index contributed by atoms with van der Waals surface area (Å²) in [5, 5.41) is 0. The molecule has 0 N–H and O–H groups in total. The lowest BCUT2D eigenvalue weighted by Gasteiger charge is -2.12. The van der Waals surface area contributed by atoms with Crippen molar-refractivity contribution in [3.8, 4) is 0 Å². The highest BCUT2D eigenvalue weighted by molar-refractivity contribution is 5.37. The monoisotopic (exact) mass is 230 g/mol. The number of carbonyl (C=O) groups excluding carboxylic acids is 1. The highest BCUT2D eigenvalue weighted by Gasteiger charge is 2.05. The molecule has 0 bridgehead atoms. The predicted molar refractivity (Wildman–Crippen MR) is 65.2 cm³/mol. The summed E-state index contributed by atoms with van der Waals surface area (Å²) in [6.45, 7) is 2.69. The molecular formula is C13H26O3. The summed E-state index contributed by atoms with van der Waals surface area (Å²) in [5.41, 5.74) is 0. The van der Waals surface area contributed by atoms with Crippen LogP contribution in [0.4, 0.5) is 0 Å². The van der Waals surface area contributed by atoms with Gasteiger partial charge in [0.05, 0.1) is 0 Å². The largest absolute Gasteiger partial charge is 0.438 e. The average molecular weight is 230 g/mol. The fourth-order valence-corrected chi connectivity index (χ4v) is 1.75. The average Bonchev–Trinajstić information content (AvgIpc) is 2.31. The molecule has 0 radical (unpaired) electrons. The van der Waals surface area contributed by atoms with Crippen LogP contribution in [0.3, 0.4) is 0 Å². The molecule has 0 fully saturated rings. The topological polar surface area (TPSA) is 35.5 Å². The molecule has 16 heavy (non-hydrogen) atoms. The van der Waals surface area contributed by atoms with Gasteiger partial charge in [0.15, 0.2) is 0 Å². The third-order valence-electron chi connectivity index (χ3n) is 2.76. The van der Waals surface area contributed by atoms with Crippen molar-refractivity contribution in [1.82, 2.24) is 0 Å². The van der Waals surface area contributed by atoms with E-state index in [1.807, 2.05) is 0 Å². The fraction of sp³-hybridized carbons (Fsp3) is 0.923. The minimum Gasteiger partial charge on any atom is -0.438 e. The van der Waals surface area contributed by atoms with Gasteiger partial charge in [-0.05, 0) is 6.42 Å². The van der Waals surface area contributed by atoms with E-state index in [4.69, 9.17) is 9.47 Å². The van der Waals surface area contributed by atoms with Crippen molar-refractivity contribution in [3.63, 3.8) is 0 Å². The summed E-state index contributed by atoms with van der Waals surface area (Å²) in [6, 6.07) is 0. The second kappa shape index (κ2) is 12.5. The zero-order valence-corrected chi connectivity index (χ0v) is 10.7. The normalized spacial score (nSPS) is 12.4. The number of hydrogen-bond acceptors (Lipinski definition) is 3. The summed E-state index contributed by atoms with van der Waals surface area (Å²) in [5.74, 6) is 0. The molecule has 96 valence electrons. The molecule has 0 aromatic rings. The number of carbonyl (C=O) groups is 1. The van der Waals surface area contributed by atoms with Crippen molar-refractivity contribution in [3.05, 3.63) is 0 Å². The molecule has 0 aliphatic carbocycles. The second-order valence-corrected chi connectivity index (χ2v) is 4.16. The summed E-state index contributed by atoms with van der Waals surface area (Å²) in [6.07, 6.45) is 10.7. The standard InChI is InChI=1S/C13H26O3/c1-3-4-5-6-7-8-9-10-11-13(15-2)16-12-14/h12-13H,3-11H2,1-2H3. The van der Waals surface area contributed by atoms with Crippen LogP contribution < -0.4 is 0 Å². The van der Waals surface area contributed by atoms with E-state index in [1.54, 1.807) is 7.11 Å². The molecule has 0 amide bonds. The second-order valence-electron chi connectivity index (χ2n) is 4.16. The SMILES string of the molecule is CCCCCCCCCCC(OC)OC=O. The third kappa shape index (κ3) is 9.97. The van der Waals surface area contributed by atoms with Crippen LogP contribution in [-0.2, 0) is 14.3 Å². The first-order chi connectivity index (χ1) is 7.85. The Morgan fingerprint density at radius 1 is 1.00 bits per heavy atom. The maximum atomic E-state index is 10.1. The molecule has 0 aromatic carbocycles. The number of unbranched alkanes of at least 4 members (excludes halogenated alkanes) is 7. The molecule has 1 atom stereocenters. The molecule has 0 saturated heterocycles. The van der Waals surface area contributed by atoms with Crippen LogP contribution in [0.2, 0.25) is 0 Å². The zero-order chi connectivity index (χ0) is 12.1. The molecule has 0 aromatic heterocycles. The van der Waals surface area contributed by atoms with Gasteiger partial charge in [-0.1, -0.05) is 51.9 Å². The molecule has 3 heteroatoms. The van der Waals surface area contributed by atoms with Crippen molar-refractivity contribution >= 4 is 6.47 Å². The van der Waals surface area contributed by atoms with Crippen molar-refractivity contribution < 1.29 is 14.3 Å². The number of ether oxygens (including phenoxy) is 2. The van der Waals surface area contributed by atoms with Gasteiger partial charge in [-0.3, -0.25) is 4.79 Å². The Hall–Kier alpha value is -0.570. The van der Waals surface area contributed by atoms with E-state index in [1.165, 1.54) is 44.9 Å². The smallest absolute Gasteiger partial charge is 0.295 e. The fourth-order valence-electron chi connectivity index (χ4n) is 1.75. The van der Waals surface area contributed by atoms with Gasteiger partial charge in [-0.2, -0.15) is 0 Å². The lowest BCUT2D eigenvalue weighted by atomic mass is 10.1. The van der Waals surface area contributed by atoms with E-state index in [0.29, 0.717) is 6.47 Å². The lowest BCUT2D eigenvalue weighted by molar-refractivity contribution is -0.159. The van der Waals surface area contributed by atoms with E-state index in [9.17, 15) is 4.79 Å². The van der Waals surface area contributed by atoms with Gasteiger partial charge in [0.2, 0.25) is 6.29 Å². The minimum atomic E-state index is -0.349. The van der Waals surface area contributed by atoms with Gasteiger partial charge in [0.25, 0.3) is 6.47 Å². The van der Waals surface area contributed by atoms with Gasteiger partial charge in [0, 0.05) is 13.5 Å². The molecule has 0 aliphatic rings. The van der Waals surface area contributed by atoms with E-state index in [2.05, 4.69) is 6.92 Å². The first-order valence-electron chi connectivity index (χ1n) is 6.47. The molecule has 0 rings (SSSR count). The van der Waals surface area contributed by atoms with Crippen molar-refractivity contribution in [2.24, 2.45) is 0 Å². The van der Waals surface area contributed by atoms with Crippen LogP contribution in [0.25, 0.3) is 0 Å². The first kappa shape index (κ1) is 15.4. The Morgan fingerprint density at radius 2 is 1.56 bits per heavy atom. The molecular weight excluding hydrogens is 204 g/mol. The van der Waals surface area contributed by atoms with Crippen molar-refractivity contribution in [1.29, 1.82) is 0 Å². The van der Waals surface area contributed by atoms with Crippen LogP contribution in [-0.4, -0.2) is 19.9 Å². The van der Waals surface area contributed by atoms with Crippen LogP contribution in [0.1, 0.15) is 64.7 Å². The van der Waals surface area contributed by atoms with E-state index in [-0.39, 0.29) is 6.29 Å². The van der Waals surface area contributed by atoms with Crippen molar-refractivity contribution in [2.45, 2.75) is 71.0 Å². The zero-order valence-electron chi connectivity index (χ0n) is 10.7. The molecule has 0 heterocycles. The molecule has 0 spiro atoms.